The molecular formula is C24H25N3O3. The Hall–Kier alpha value is -3.80. The lowest BCUT2D eigenvalue weighted by Gasteiger charge is -2.19. The van der Waals surface area contributed by atoms with Gasteiger partial charge in [0, 0.05) is 23.9 Å². The molecule has 1 unspecified atom stereocenters. The molecule has 30 heavy (non-hydrogen) atoms. The second-order valence-corrected chi connectivity index (χ2v) is 6.86. The number of amides is 2. The number of methoxy groups -OCH3 is 1. The Bertz CT molecular complexity index is 1030. The molecule has 0 fully saturated rings. The summed E-state index contributed by atoms with van der Waals surface area (Å²) in [5.41, 5.74) is 3.94. The van der Waals surface area contributed by atoms with Gasteiger partial charge in [-0.2, -0.15) is 0 Å². The van der Waals surface area contributed by atoms with E-state index in [1.54, 1.807) is 32.2 Å². The van der Waals surface area contributed by atoms with Crippen LogP contribution in [0.2, 0.25) is 0 Å². The zero-order chi connectivity index (χ0) is 21.5. The third-order valence-corrected chi connectivity index (χ3v) is 4.55. The van der Waals surface area contributed by atoms with Crippen molar-refractivity contribution in [2.24, 2.45) is 0 Å². The first kappa shape index (κ1) is 20.9. The average Bonchev–Trinajstić information content (AvgIpc) is 2.74. The summed E-state index contributed by atoms with van der Waals surface area (Å²) in [5.74, 6) is 0.216. The fourth-order valence-corrected chi connectivity index (χ4v) is 3.10. The van der Waals surface area contributed by atoms with Crippen LogP contribution < -0.4 is 20.7 Å². The van der Waals surface area contributed by atoms with E-state index >= 15 is 0 Å². The normalized spacial score (nSPS) is 11.3. The SMILES string of the molecule is COc1ccc(NC(C)=O)cc1NC(C)C(=O)Nc1ccccc1-c1ccccc1. The van der Waals surface area contributed by atoms with Crippen molar-refractivity contribution < 1.29 is 14.3 Å². The molecule has 3 rings (SSSR count). The second-order valence-electron chi connectivity index (χ2n) is 6.86. The lowest BCUT2D eigenvalue weighted by molar-refractivity contribution is -0.116. The maximum atomic E-state index is 12.9. The van der Waals surface area contributed by atoms with Crippen molar-refractivity contribution in [1.29, 1.82) is 0 Å². The minimum absolute atomic E-state index is 0.172. The first-order chi connectivity index (χ1) is 14.5. The van der Waals surface area contributed by atoms with Gasteiger partial charge in [0.25, 0.3) is 0 Å². The minimum Gasteiger partial charge on any atom is -0.495 e. The molecule has 3 aromatic rings. The van der Waals surface area contributed by atoms with Crippen LogP contribution in [0, 0.1) is 0 Å². The summed E-state index contributed by atoms with van der Waals surface area (Å²) in [6.07, 6.45) is 0. The van der Waals surface area contributed by atoms with Gasteiger partial charge in [-0.05, 0) is 36.8 Å². The summed E-state index contributed by atoms with van der Waals surface area (Å²) in [6, 6.07) is 22.3. The Morgan fingerprint density at radius 3 is 2.27 bits per heavy atom. The summed E-state index contributed by atoms with van der Waals surface area (Å²) in [6.45, 7) is 3.21. The molecule has 3 aromatic carbocycles. The number of carbonyl (C=O) groups is 2. The molecule has 0 aliphatic rings. The fraction of sp³-hybridized carbons (Fsp3) is 0.167. The third kappa shape index (κ3) is 5.17. The number of rotatable bonds is 7. The average molecular weight is 403 g/mol. The van der Waals surface area contributed by atoms with E-state index in [-0.39, 0.29) is 11.8 Å². The molecule has 0 heterocycles. The lowest BCUT2D eigenvalue weighted by Crippen LogP contribution is -2.32. The van der Waals surface area contributed by atoms with Crippen LogP contribution in [-0.2, 0) is 9.59 Å². The molecule has 0 aliphatic carbocycles. The van der Waals surface area contributed by atoms with Crippen LogP contribution in [-0.4, -0.2) is 25.0 Å². The van der Waals surface area contributed by atoms with Crippen LogP contribution in [0.15, 0.2) is 72.8 Å². The highest BCUT2D eigenvalue weighted by molar-refractivity contribution is 6.00. The van der Waals surface area contributed by atoms with Gasteiger partial charge < -0.3 is 20.7 Å². The summed E-state index contributed by atoms with van der Waals surface area (Å²) < 4.78 is 5.37. The Morgan fingerprint density at radius 2 is 1.57 bits per heavy atom. The highest BCUT2D eigenvalue weighted by Gasteiger charge is 2.17. The molecule has 0 aromatic heterocycles. The van der Waals surface area contributed by atoms with E-state index in [0.717, 1.165) is 16.8 Å². The first-order valence-electron chi connectivity index (χ1n) is 9.65. The quantitative estimate of drug-likeness (QED) is 0.531. The number of carbonyl (C=O) groups excluding carboxylic acids is 2. The van der Waals surface area contributed by atoms with Gasteiger partial charge in [0.15, 0.2) is 0 Å². The predicted octanol–water partition coefficient (Wildman–Crippen LogP) is 4.76. The Kier molecular flexibility index (Phi) is 6.70. The second kappa shape index (κ2) is 9.60. The van der Waals surface area contributed by atoms with Gasteiger partial charge in [0.1, 0.15) is 11.8 Å². The molecule has 0 aliphatic heterocycles. The lowest BCUT2D eigenvalue weighted by atomic mass is 10.0. The Balaban J connectivity index is 1.77. The van der Waals surface area contributed by atoms with Crippen LogP contribution in [0.1, 0.15) is 13.8 Å². The molecular weight excluding hydrogens is 378 g/mol. The molecule has 0 spiro atoms. The molecule has 6 nitrogen and oxygen atoms in total. The maximum absolute atomic E-state index is 12.9. The molecule has 1 atom stereocenters. The topological polar surface area (TPSA) is 79.5 Å². The van der Waals surface area contributed by atoms with Crippen molar-refractivity contribution >= 4 is 28.9 Å². The van der Waals surface area contributed by atoms with E-state index in [1.165, 1.54) is 6.92 Å². The molecule has 6 heteroatoms. The van der Waals surface area contributed by atoms with Crippen molar-refractivity contribution in [2.45, 2.75) is 19.9 Å². The van der Waals surface area contributed by atoms with Crippen LogP contribution in [0.4, 0.5) is 17.1 Å². The molecule has 0 radical (unpaired) electrons. The molecule has 3 N–H and O–H groups in total. The highest BCUT2D eigenvalue weighted by atomic mass is 16.5. The van der Waals surface area contributed by atoms with Gasteiger partial charge in [-0.1, -0.05) is 48.5 Å². The van der Waals surface area contributed by atoms with Crippen molar-refractivity contribution in [3.05, 3.63) is 72.8 Å². The number of anilines is 3. The number of ether oxygens (including phenoxy) is 1. The standard InChI is InChI=1S/C24H25N3O3/c1-16(25-22-15-19(26-17(2)28)13-14-23(22)30-3)24(29)27-21-12-8-7-11-20(21)18-9-5-4-6-10-18/h4-16,25H,1-3H3,(H,26,28)(H,27,29). The highest BCUT2D eigenvalue weighted by Crippen LogP contribution is 2.30. The van der Waals surface area contributed by atoms with Gasteiger partial charge >= 0.3 is 0 Å². The third-order valence-electron chi connectivity index (χ3n) is 4.55. The van der Waals surface area contributed by atoms with Crippen LogP contribution in [0.25, 0.3) is 11.1 Å². The summed E-state index contributed by atoms with van der Waals surface area (Å²) in [4.78, 5) is 24.2. The monoisotopic (exact) mass is 403 g/mol. The summed E-state index contributed by atoms with van der Waals surface area (Å²) in [5, 5.41) is 8.90. The zero-order valence-electron chi connectivity index (χ0n) is 17.2. The van der Waals surface area contributed by atoms with Crippen LogP contribution in [0.3, 0.4) is 0 Å². The number of hydrogen-bond acceptors (Lipinski definition) is 4. The molecule has 0 saturated carbocycles. The van der Waals surface area contributed by atoms with E-state index in [2.05, 4.69) is 16.0 Å². The van der Waals surface area contributed by atoms with Crippen molar-refractivity contribution in [1.82, 2.24) is 0 Å². The van der Waals surface area contributed by atoms with Gasteiger partial charge in [-0.25, -0.2) is 0 Å². The van der Waals surface area contributed by atoms with Crippen molar-refractivity contribution in [3.63, 3.8) is 0 Å². The van der Waals surface area contributed by atoms with E-state index in [4.69, 9.17) is 4.74 Å². The molecule has 0 bridgehead atoms. The smallest absolute Gasteiger partial charge is 0.246 e. The fourth-order valence-electron chi connectivity index (χ4n) is 3.10. The largest absolute Gasteiger partial charge is 0.495 e. The maximum Gasteiger partial charge on any atom is 0.246 e. The van der Waals surface area contributed by atoms with Gasteiger partial charge in [-0.3, -0.25) is 9.59 Å². The predicted molar refractivity (Wildman–Crippen MR) is 121 cm³/mol. The number of benzene rings is 3. The van der Waals surface area contributed by atoms with E-state index in [9.17, 15) is 9.59 Å². The number of nitrogens with one attached hydrogen (secondary N) is 3. The summed E-state index contributed by atoms with van der Waals surface area (Å²) in [7, 11) is 1.55. The number of hydrogen-bond donors (Lipinski definition) is 3. The molecule has 2 amide bonds. The molecule has 154 valence electrons. The van der Waals surface area contributed by atoms with E-state index < -0.39 is 6.04 Å². The van der Waals surface area contributed by atoms with Crippen molar-refractivity contribution in [3.8, 4) is 16.9 Å². The molecule has 0 saturated heterocycles. The van der Waals surface area contributed by atoms with E-state index in [0.29, 0.717) is 17.1 Å². The van der Waals surface area contributed by atoms with Gasteiger partial charge in [0.05, 0.1) is 12.8 Å². The Labute approximate surface area is 176 Å². The minimum atomic E-state index is -0.546. The summed E-state index contributed by atoms with van der Waals surface area (Å²) >= 11 is 0. The van der Waals surface area contributed by atoms with Gasteiger partial charge in [-0.15, -0.1) is 0 Å². The zero-order valence-corrected chi connectivity index (χ0v) is 17.2. The van der Waals surface area contributed by atoms with E-state index in [1.807, 2.05) is 54.6 Å². The van der Waals surface area contributed by atoms with Crippen LogP contribution >= 0.6 is 0 Å². The number of para-hydroxylation sites is 1. The first-order valence-corrected chi connectivity index (χ1v) is 9.65. The van der Waals surface area contributed by atoms with Gasteiger partial charge in [0.2, 0.25) is 11.8 Å². The van der Waals surface area contributed by atoms with Crippen LogP contribution in [0.5, 0.6) is 5.75 Å². The van der Waals surface area contributed by atoms with Crippen molar-refractivity contribution in [2.75, 3.05) is 23.1 Å². The Morgan fingerprint density at radius 1 is 0.867 bits per heavy atom.